The van der Waals surface area contributed by atoms with Gasteiger partial charge < -0.3 is 14.2 Å². The van der Waals surface area contributed by atoms with E-state index in [2.05, 4.69) is 17.1 Å². The molecule has 1 aliphatic rings. The number of rotatable bonds is 5. The normalized spacial score (nSPS) is 14.3. The molecule has 3 aromatic rings. The molecule has 6 nitrogen and oxygen atoms in total. The summed E-state index contributed by atoms with van der Waals surface area (Å²) in [6.45, 7) is 2.10. The van der Waals surface area contributed by atoms with Gasteiger partial charge in [-0.05, 0) is 17.7 Å². The van der Waals surface area contributed by atoms with Gasteiger partial charge >= 0.3 is 0 Å². The molecule has 4 rings (SSSR count). The molecule has 1 fully saturated rings. The molecular formula is C21H21N3O3S. The number of hydrogen-bond acceptors (Lipinski definition) is 5. The second-order valence-electron chi connectivity index (χ2n) is 6.72. The molecule has 2 amide bonds. The Bertz CT molecular complexity index is 929. The third-order valence-corrected chi connectivity index (χ3v) is 5.68. The molecule has 1 saturated heterocycles. The molecule has 28 heavy (non-hydrogen) atoms. The topological polar surface area (TPSA) is 66.7 Å². The molecule has 144 valence electrons. The Morgan fingerprint density at radius 1 is 1.00 bits per heavy atom. The van der Waals surface area contributed by atoms with Crippen molar-refractivity contribution in [3.05, 3.63) is 76.1 Å². The maximum atomic E-state index is 12.6. The smallest absolute Gasteiger partial charge is 0.289 e. The van der Waals surface area contributed by atoms with Crippen molar-refractivity contribution in [3.63, 3.8) is 0 Å². The first-order valence-corrected chi connectivity index (χ1v) is 10.1. The van der Waals surface area contributed by atoms with Crippen LogP contribution >= 0.6 is 11.3 Å². The average Bonchev–Trinajstić information content (AvgIpc) is 3.41. The lowest BCUT2D eigenvalue weighted by molar-refractivity contribution is -0.132. The largest absolute Gasteiger partial charge is 0.459 e. The Labute approximate surface area is 167 Å². The van der Waals surface area contributed by atoms with Gasteiger partial charge in [0, 0.05) is 38.0 Å². The number of piperazine rings is 1. The molecule has 0 radical (unpaired) electrons. The van der Waals surface area contributed by atoms with Crippen molar-refractivity contribution in [3.8, 4) is 0 Å². The molecule has 0 atom stereocenters. The lowest BCUT2D eigenvalue weighted by Crippen LogP contribution is -2.50. The number of thiazole rings is 1. The van der Waals surface area contributed by atoms with Crippen LogP contribution in [0, 0.1) is 0 Å². The Morgan fingerprint density at radius 3 is 2.46 bits per heavy atom. The quantitative estimate of drug-likeness (QED) is 0.666. The fourth-order valence-corrected chi connectivity index (χ4v) is 4.09. The van der Waals surface area contributed by atoms with Crippen LogP contribution in [0.1, 0.15) is 26.8 Å². The molecule has 0 spiro atoms. The first-order chi connectivity index (χ1) is 13.7. The molecule has 0 bridgehead atoms. The van der Waals surface area contributed by atoms with Crippen molar-refractivity contribution < 1.29 is 14.0 Å². The van der Waals surface area contributed by atoms with Gasteiger partial charge in [0.2, 0.25) is 5.91 Å². The van der Waals surface area contributed by atoms with E-state index in [0.717, 1.165) is 17.1 Å². The van der Waals surface area contributed by atoms with Gasteiger partial charge in [-0.15, -0.1) is 11.3 Å². The zero-order valence-corrected chi connectivity index (χ0v) is 16.2. The van der Waals surface area contributed by atoms with Crippen LogP contribution in [0.3, 0.4) is 0 Å². The average molecular weight is 395 g/mol. The molecule has 7 heteroatoms. The second kappa shape index (κ2) is 8.39. The predicted molar refractivity (Wildman–Crippen MR) is 106 cm³/mol. The summed E-state index contributed by atoms with van der Waals surface area (Å²) in [7, 11) is 0. The zero-order chi connectivity index (χ0) is 19.3. The molecule has 0 unspecified atom stereocenters. The van der Waals surface area contributed by atoms with Crippen LogP contribution in [0.15, 0.2) is 58.5 Å². The zero-order valence-electron chi connectivity index (χ0n) is 15.4. The third kappa shape index (κ3) is 4.31. The SMILES string of the molecule is O=C(Cc1csc(Cc2ccccc2)n1)N1CCN(C(=O)c2ccco2)CC1. The summed E-state index contributed by atoms with van der Waals surface area (Å²) >= 11 is 1.59. The number of amides is 2. The van der Waals surface area contributed by atoms with Crippen LogP contribution in [0.2, 0.25) is 0 Å². The van der Waals surface area contributed by atoms with E-state index < -0.39 is 0 Å². The van der Waals surface area contributed by atoms with E-state index in [-0.39, 0.29) is 11.8 Å². The number of benzene rings is 1. The van der Waals surface area contributed by atoms with Crippen molar-refractivity contribution in [2.24, 2.45) is 0 Å². The minimum absolute atomic E-state index is 0.0571. The van der Waals surface area contributed by atoms with Gasteiger partial charge in [0.15, 0.2) is 5.76 Å². The monoisotopic (exact) mass is 395 g/mol. The van der Waals surface area contributed by atoms with Gasteiger partial charge in [-0.25, -0.2) is 4.98 Å². The molecular weight excluding hydrogens is 374 g/mol. The van der Waals surface area contributed by atoms with Crippen LogP contribution in [0.4, 0.5) is 0 Å². The predicted octanol–water partition coefficient (Wildman–Crippen LogP) is 2.85. The molecule has 1 aliphatic heterocycles. The van der Waals surface area contributed by atoms with E-state index in [0.29, 0.717) is 38.4 Å². The number of nitrogens with zero attached hydrogens (tertiary/aromatic N) is 3. The van der Waals surface area contributed by atoms with E-state index in [1.807, 2.05) is 28.5 Å². The minimum Gasteiger partial charge on any atom is -0.459 e. The lowest BCUT2D eigenvalue weighted by Gasteiger charge is -2.34. The summed E-state index contributed by atoms with van der Waals surface area (Å²) in [6, 6.07) is 13.6. The van der Waals surface area contributed by atoms with Crippen molar-refractivity contribution in [1.82, 2.24) is 14.8 Å². The number of hydrogen-bond donors (Lipinski definition) is 0. The van der Waals surface area contributed by atoms with Gasteiger partial charge in [-0.2, -0.15) is 0 Å². The second-order valence-corrected chi connectivity index (χ2v) is 7.66. The highest BCUT2D eigenvalue weighted by atomic mass is 32.1. The van der Waals surface area contributed by atoms with Gasteiger partial charge in [0.1, 0.15) is 0 Å². The molecule has 0 saturated carbocycles. The third-order valence-electron chi connectivity index (χ3n) is 4.78. The van der Waals surface area contributed by atoms with Crippen molar-refractivity contribution >= 4 is 23.2 Å². The minimum atomic E-state index is -0.123. The molecule has 0 aliphatic carbocycles. The van der Waals surface area contributed by atoms with E-state index in [1.54, 1.807) is 28.4 Å². The molecule has 3 heterocycles. The highest BCUT2D eigenvalue weighted by molar-refractivity contribution is 7.09. The summed E-state index contributed by atoms with van der Waals surface area (Å²) in [4.78, 5) is 33.1. The van der Waals surface area contributed by atoms with Gasteiger partial charge in [0.25, 0.3) is 5.91 Å². The fraction of sp³-hybridized carbons (Fsp3) is 0.286. The molecule has 2 aromatic heterocycles. The summed E-state index contributed by atoms with van der Waals surface area (Å²) in [5.74, 6) is 0.275. The fourth-order valence-electron chi connectivity index (χ4n) is 3.26. The Morgan fingerprint density at radius 2 is 1.75 bits per heavy atom. The maximum absolute atomic E-state index is 12.6. The van der Waals surface area contributed by atoms with Crippen molar-refractivity contribution in [2.75, 3.05) is 26.2 Å². The Hall–Kier alpha value is -2.93. The standard InChI is InChI=1S/C21H21N3O3S/c25-20(14-17-15-28-19(22-17)13-16-5-2-1-3-6-16)23-8-10-24(11-9-23)21(26)18-7-4-12-27-18/h1-7,12,15H,8-11,13-14H2. The first kappa shape index (κ1) is 18.4. The van der Waals surface area contributed by atoms with E-state index in [1.165, 1.54) is 11.8 Å². The molecule has 1 aromatic carbocycles. The number of carbonyl (C=O) groups excluding carboxylic acids is 2. The van der Waals surface area contributed by atoms with Crippen molar-refractivity contribution in [2.45, 2.75) is 12.8 Å². The van der Waals surface area contributed by atoms with E-state index in [4.69, 9.17) is 4.42 Å². The van der Waals surface area contributed by atoms with Gasteiger partial charge in [-0.3, -0.25) is 9.59 Å². The van der Waals surface area contributed by atoms with Crippen LogP contribution < -0.4 is 0 Å². The highest BCUT2D eigenvalue weighted by Crippen LogP contribution is 2.16. The molecule has 0 N–H and O–H groups in total. The summed E-state index contributed by atoms with van der Waals surface area (Å²) in [5, 5.41) is 2.98. The first-order valence-electron chi connectivity index (χ1n) is 9.27. The van der Waals surface area contributed by atoms with Crippen LogP contribution in [0.5, 0.6) is 0 Å². The van der Waals surface area contributed by atoms with E-state index >= 15 is 0 Å². The maximum Gasteiger partial charge on any atom is 0.289 e. The highest BCUT2D eigenvalue weighted by Gasteiger charge is 2.26. The van der Waals surface area contributed by atoms with E-state index in [9.17, 15) is 9.59 Å². The summed E-state index contributed by atoms with van der Waals surface area (Å²) in [6.07, 6.45) is 2.58. The number of furan rings is 1. The Kier molecular flexibility index (Phi) is 5.53. The van der Waals surface area contributed by atoms with Crippen LogP contribution in [-0.4, -0.2) is 52.8 Å². The Balaban J connectivity index is 1.28. The van der Waals surface area contributed by atoms with Gasteiger partial charge in [-0.1, -0.05) is 30.3 Å². The van der Waals surface area contributed by atoms with Gasteiger partial charge in [0.05, 0.1) is 23.4 Å². The summed E-state index contributed by atoms with van der Waals surface area (Å²) in [5.41, 5.74) is 2.03. The lowest BCUT2D eigenvalue weighted by atomic mass is 10.2. The number of carbonyl (C=O) groups is 2. The van der Waals surface area contributed by atoms with Crippen molar-refractivity contribution in [1.29, 1.82) is 0 Å². The van der Waals surface area contributed by atoms with Crippen LogP contribution in [0.25, 0.3) is 0 Å². The summed E-state index contributed by atoms with van der Waals surface area (Å²) < 4.78 is 5.17. The van der Waals surface area contributed by atoms with Crippen LogP contribution in [-0.2, 0) is 17.6 Å². The number of aromatic nitrogens is 1.